The first-order chi connectivity index (χ1) is 9.97. The largest absolute Gasteiger partial charge is 0.294 e. The predicted molar refractivity (Wildman–Crippen MR) is 76.5 cm³/mol. The van der Waals surface area contributed by atoms with Gasteiger partial charge in [-0.15, -0.1) is 0 Å². The molecule has 0 saturated heterocycles. The van der Waals surface area contributed by atoms with E-state index in [4.69, 9.17) is 20.7 Å². The molecule has 0 radical (unpaired) electrons. The van der Waals surface area contributed by atoms with Crippen LogP contribution in [0.4, 0.5) is 0 Å². The molecule has 1 heterocycles. The Morgan fingerprint density at radius 1 is 1.14 bits per heavy atom. The van der Waals surface area contributed by atoms with Crippen LogP contribution in [0.3, 0.4) is 0 Å². The number of hydrogen-bond donors (Lipinski definition) is 3. The molecule has 0 bridgehead atoms. The first-order valence-electron chi connectivity index (χ1n) is 5.51. The third-order valence-corrected chi connectivity index (χ3v) is 4.41. The van der Waals surface area contributed by atoms with Gasteiger partial charge in [0.15, 0.2) is 0 Å². The lowest BCUT2D eigenvalue weighted by Gasteiger charge is -2.06. The van der Waals surface area contributed by atoms with Crippen molar-refractivity contribution in [1.82, 2.24) is 9.78 Å². The predicted octanol–water partition coefficient (Wildman–Crippen LogP) is 0.454. The quantitative estimate of drug-likeness (QED) is 0.664. The molecule has 3 N–H and O–H groups in total. The Balaban J connectivity index is 2.60. The molecule has 22 heavy (non-hydrogen) atoms. The highest BCUT2D eigenvalue weighted by Crippen LogP contribution is 2.22. The van der Waals surface area contributed by atoms with Crippen molar-refractivity contribution in [2.45, 2.75) is 10.6 Å². The van der Waals surface area contributed by atoms with E-state index in [0.29, 0.717) is 0 Å². The van der Waals surface area contributed by atoms with Gasteiger partial charge in [0.2, 0.25) is 0 Å². The number of aromatic amines is 1. The Labute approximate surface area is 129 Å². The Hall–Kier alpha value is -1.66. The van der Waals surface area contributed by atoms with Gasteiger partial charge in [0.1, 0.15) is 5.75 Å². The number of benzene rings is 1. The molecule has 0 fully saturated rings. The zero-order valence-corrected chi connectivity index (χ0v) is 13.0. The number of nitrogens with one attached hydrogen (secondary N) is 1. The fraction of sp³-hybridized carbons (Fsp3) is 0.100. The number of halogens is 1. The van der Waals surface area contributed by atoms with Gasteiger partial charge >= 0.3 is 0 Å². The maximum atomic E-state index is 11.8. The Morgan fingerprint density at radius 3 is 2.32 bits per heavy atom. The van der Waals surface area contributed by atoms with Gasteiger partial charge in [-0.25, -0.2) is 4.68 Å². The summed E-state index contributed by atoms with van der Waals surface area (Å²) >= 11 is 5.87. The second kappa shape index (κ2) is 5.52. The van der Waals surface area contributed by atoms with E-state index >= 15 is 0 Å². The second-order valence-electron chi connectivity index (χ2n) is 4.27. The minimum atomic E-state index is -4.51. The molecule has 0 aliphatic heterocycles. The van der Waals surface area contributed by atoms with Crippen LogP contribution in [0.15, 0.2) is 34.0 Å². The highest BCUT2D eigenvalue weighted by atomic mass is 35.5. The average molecular weight is 369 g/mol. The summed E-state index contributed by atoms with van der Waals surface area (Å²) in [7, 11) is -8.87. The van der Waals surface area contributed by atoms with Crippen LogP contribution in [0.25, 0.3) is 5.69 Å². The fourth-order valence-corrected chi connectivity index (χ4v) is 2.96. The zero-order valence-electron chi connectivity index (χ0n) is 10.6. The van der Waals surface area contributed by atoms with Crippen LogP contribution in [0.1, 0.15) is 5.69 Å². The van der Waals surface area contributed by atoms with Gasteiger partial charge in [-0.3, -0.25) is 19.0 Å². The summed E-state index contributed by atoms with van der Waals surface area (Å²) in [6.45, 7) is 0. The van der Waals surface area contributed by atoms with Crippen molar-refractivity contribution < 1.29 is 25.9 Å². The SMILES string of the molecule is O=c1cc(CS(=O)(=O)O)[nH]n1-c1cc(S(=O)(=O)O)ccc1Cl. The Bertz CT molecular complexity index is 989. The van der Waals surface area contributed by atoms with Gasteiger partial charge in [0.05, 0.1) is 21.3 Å². The van der Waals surface area contributed by atoms with E-state index in [0.717, 1.165) is 28.9 Å². The van der Waals surface area contributed by atoms with Gasteiger partial charge in [-0.2, -0.15) is 16.8 Å². The van der Waals surface area contributed by atoms with Crippen LogP contribution in [0, 0.1) is 0 Å². The summed E-state index contributed by atoms with van der Waals surface area (Å²) in [6.07, 6.45) is 0. The van der Waals surface area contributed by atoms with Gasteiger partial charge in [-0.05, 0) is 18.2 Å². The molecule has 9 nitrogen and oxygen atoms in total. The zero-order chi connectivity index (χ0) is 16.7. The van der Waals surface area contributed by atoms with Crippen LogP contribution < -0.4 is 5.56 Å². The first kappa shape index (κ1) is 16.7. The summed E-state index contributed by atoms with van der Waals surface area (Å²) in [4.78, 5) is 11.3. The molecule has 0 unspecified atom stereocenters. The maximum Gasteiger partial charge on any atom is 0.294 e. The Kier molecular flexibility index (Phi) is 4.19. The van der Waals surface area contributed by atoms with Gasteiger partial charge in [0.25, 0.3) is 25.8 Å². The molecular formula is C10H9ClN2O7S2. The van der Waals surface area contributed by atoms with E-state index in [1.165, 1.54) is 0 Å². The number of nitrogens with zero attached hydrogens (tertiary/aromatic N) is 1. The molecule has 1 aromatic carbocycles. The molecule has 2 rings (SSSR count). The lowest BCUT2D eigenvalue weighted by atomic mass is 10.3. The second-order valence-corrected chi connectivity index (χ2v) is 7.55. The molecule has 0 aliphatic rings. The molecule has 0 aliphatic carbocycles. The summed E-state index contributed by atoms with van der Waals surface area (Å²) in [5, 5.41) is 2.36. The summed E-state index contributed by atoms with van der Waals surface area (Å²) in [5.41, 5.74) is -0.961. The topological polar surface area (TPSA) is 147 Å². The monoisotopic (exact) mass is 368 g/mol. The van der Waals surface area contributed by atoms with Gasteiger partial charge in [0, 0.05) is 6.07 Å². The molecule has 12 heteroatoms. The number of hydrogen-bond acceptors (Lipinski definition) is 5. The molecule has 0 spiro atoms. The molecule has 0 atom stereocenters. The summed E-state index contributed by atoms with van der Waals surface area (Å²) in [6, 6.07) is 4.03. The third kappa shape index (κ3) is 3.75. The minimum Gasteiger partial charge on any atom is -0.294 e. The highest BCUT2D eigenvalue weighted by Gasteiger charge is 2.16. The van der Waals surface area contributed by atoms with E-state index in [-0.39, 0.29) is 16.4 Å². The standard InChI is InChI=1S/C10H9ClN2O7S2/c11-8-2-1-7(22(18,19)20)4-9(8)13-10(14)3-6(12-13)5-21(15,16)17/h1-4,12H,5H2,(H,15,16,17)(H,18,19,20). The van der Waals surface area contributed by atoms with Gasteiger partial charge in [-0.1, -0.05) is 11.6 Å². The van der Waals surface area contributed by atoms with Crippen molar-refractivity contribution in [3.05, 3.63) is 45.3 Å². The molecule has 0 amide bonds. The highest BCUT2D eigenvalue weighted by molar-refractivity contribution is 7.85. The number of aromatic nitrogens is 2. The number of rotatable bonds is 4. The lowest BCUT2D eigenvalue weighted by Crippen LogP contribution is -2.14. The van der Waals surface area contributed by atoms with Crippen LogP contribution in [-0.4, -0.2) is 35.7 Å². The molecule has 1 aromatic heterocycles. The van der Waals surface area contributed by atoms with Gasteiger partial charge < -0.3 is 0 Å². The smallest absolute Gasteiger partial charge is 0.294 e. The summed E-state index contributed by atoms with van der Waals surface area (Å²) < 4.78 is 62.3. The van der Waals surface area contributed by atoms with E-state index in [1.54, 1.807) is 0 Å². The van der Waals surface area contributed by atoms with Crippen LogP contribution in [0.5, 0.6) is 0 Å². The van der Waals surface area contributed by atoms with Crippen molar-refractivity contribution >= 4 is 31.8 Å². The van der Waals surface area contributed by atoms with Crippen LogP contribution >= 0.6 is 11.6 Å². The third-order valence-electron chi connectivity index (χ3n) is 2.57. The van der Waals surface area contributed by atoms with E-state index < -0.39 is 36.4 Å². The van der Waals surface area contributed by atoms with E-state index in [2.05, 4.69) is 5.10 Å². The minimum absolute atomic E-state index is 0.0187. The van der Waals surface area contributed by atoms with E-state index in [1.807, 2.05) is 0 Å². The van der Waals surface area contributed by atoms with Crippen LogP contribution in [0.2, 0.25) is 5.02 Å². The van der Waals surface area contributed by atoms with Crippen molar-refractivity contribution in [2.24, 2.45) is 0 Å². The average Bonchev–Trinajstić information content (AvgIpc) is 2.66. The van der Waals surface area contributed by atoms with Crippen LogP contribution in [-0.2, 0) is 26.0 Å². The summed E-state index contributed by atoms with van der Waals surface area (Å²) in [5.74, 6) is -0.829. The molecular weight excluding hydrogens is 360 g/mol. The molecule has 0 saturated carbocycles. The fourth-order valence-electron chi connectivity index (χ4n) is 1.72. The lowest BCUT2D eigenvalue weighted by molar-refractivity contribution is 0.480. The molecule has 120 valence electrons. The van der Waals surface area contributed by atoms with Crippen molar-refractivity contribution in [3.8, 4) is 5.69 Å². The maximum absolute atomic E-state index is 11.8. The Morgan fingerprint density at radius 2 is 1.77 bits per heavy atom. The molecule has 2 aromatic rings. The van der Waals surface area contributed by atoms with Crippen molar-refractivity contribution in [3.63, 3.8) is 0 Å². The van der Waals surface area contributed by atoms with Crippen molar-refractivity contribution in [1.29, 1.82) is 0 Å². The van der Waals surface area contributed by atoms with E-state index in [9.17, 15) is 21.6 Å². The normalized spacial score (nSPS) is 12.5. The first-order valence-corrected chi connectivity index (χ1v) is 8.93. The van der Waals surface area contributed by atoms with Crippen molar-refractivity contribution in [2.75, 3.05) is 0 Å². The number of H-pyrrole nitrogens is 1.